The van der Waals surface area contributed by atoms with Gasteiger partial charge in [0.15, 0.2) is 0 Å². The lowest BCUT2D eigenvalue weighted by atomic mass is 10.1. The van der Waals surface area contributed by atoms with Gasteiger partial charge in [-0.15, -0.1) is 0 Å². The molecule has 0 aliphatic carbocycles. The Bertz CT molecular complexity index is 1020. The number of amides is 2. The van der Waals surface area contributed by atoms with Gasteiger partial charge in [0, 0.05) is 39.0 Å². The van der Waals surface area contributed by atoms with Crippen molar-refractivity contribution in [2.45, 2.75) is 18.9 Å². The third-order valence-corrected chi connectivity index (χ3v) is 6.28. The SMILES string of the molecule is O=C(c1cnc2c(c1)N(CC1CCCO1)C(=O)CN2)N1CCN(c2ccccc2F)CC1. The summed E-state index contributed by atoms with van der Waals surface area (Å²) in [5, 5.41) is 3.03. The van der Waals surface area contributed by atoms with E-state index in [1.807, 2.05) is 11.0 Å². The molecule has 4 heterocycles. The molecule has 5 rings (SSSR count). The van der Waals surface area contributed by atoms with Crippen LogP contribution in [0.4, 0.5) is 21.6 Å². The summed E-state index contributed by atoms with van der Waals surface area (Å²) < 4.78 is 19.8. The fourth-order valence-corrected chi connectivity index (χ4v) is 4.53. The van der Waals surface area contributed by atoms with E-state index in [1.165, 1.54) is 6.07 Å². The van der Waals surface area contributed by atoms with Crippen LogP contribution in [0.3, 0.4) is 0 Å². The highest BCUT2D eigenvalue weighted by Crippen LogP contribution is 2.30. The summed E-state index contributed by atoms with van der Waals surface area (Å²) in [4.78, 5) is 35.6. The van der Waals surface area contributed by atoms with E-state index in [1.54, 1.807) is 34.2 Å². The number of rotatable bonds is 4. The molecule has 0 spiro atoms. The zero-order valence-electron chi connectivity index (χ0n) is 17.8. The van der Waals surface area contributed by atoms with Gasteiger partial charge in [-0.3, -0.25) is 9.59 Å². The first-order valence-corrected chi connectivity index (χ1v) is 11.0. The molecular weight excluding hydrogens is 413 g/mol. The minimum absolute atomic E-state index is 0.00992. The Morgan fingerprint density at radius 3 is 2.75 bits per heavy atom. The molecule has 9 heteroatoms. The molecule has 168 valence electrons. The molecule has 2 saturated heterocycles. The number of hydrogen-bond acceptors (Lipinski definition) is 6. The lowest BCUT2D eigenvalue weighted by Crippen LogP contribution is -2.49. The Hall–Kier alpha value is -3.20. The summed E-state index contributed by atoms with van der Waals surface area (Å²) in [6.45, 7) is 3.44. The van der Waals surface area contributed by atoms with Crippen LogP contribution < -0.4 is 15.1 Å². The molecule has 0 radical (unpaired) electrons. The number of nitrogens with one attached hydrogen (secondary N) is 1. The van der Waals surface area contributed by atoms with E-state index in [0.717, 1.165) is 12.8 Å². The number of halogens is 1. The summed E-state index contributed by atoms with van der Waals surface area (Å²) >= 11 is 0. The Kier molecular flexibility index (Phi) is 5.65. The molecule has 2 aromatic rings. The van der Waals surface area contributed by atoms with Gasteiger partial charge >= 0.3 is 0 Å². The number of benzene rings is 1. The van der Waals surface area contributed by atoms with Gasteiger partial charge in [-0.1, -0.05) is 12.1 Å². The van der Waals surface area contributed by atoms with Crippen molar-refractivity contribution in [3.05, 3.63) is 47.9 Å². The van der Waals surface area contributed by atoms with Gasteiger partial charge in [0.05, 0.1) is 36.1 Å². The molecule has 2 fully saturated rings. The first-order valence-electron chi connectivity index (χ1n) is 11.0. The first-order chi connectivity index (χ1) is 15.6. The highest BCUT2D eigenvalue weighted by molar-refractivity contribution is 6.04. The van der Waals surface area contributed by atoms with Gasteiger partial charge in [0.25, 0.3) is 5.91 Å². The standard InChI is InChI=1S/C23H26FN5O3/c24-18-5-1-2-6-19(18)27-7-9-28(10-8-27)23(31)16-12-20-22(25-13-16)26-14-21(30)29(20)15-17-4-3-11-32-17/h1-2,5-6,12-13,17H,3-4,7-11,14-15H2,(H,25,26). The van der Waals surface area contributed by atoms with Crippen LogP contribution in [-0.4, -0.2) is 73.7 Å². The van der Waals surface area contributed by atoms with Crippen molar-refractivity contribution in [1.29, 1.82) is 0 Å². The largest absolute Gasteiger partial charge is 0.376 e. The number of anilines is 3. The molecule has 0 saturated carbocycles. The third-order valence-electron chi connectivity index (χ3n) is 6.28. The van der Waals surface area contributed by atoms with E-state index < -0.39 is 0 Å². The van der Waals surface area contributed by atoms with Crippen LogP contribution in [-0.2, 0) is 9.53 Å². The van der Waals surface area contributed by atoms with Crippen molar-refractivity contribution in [2.24, 2.45) is 0 Å². The number of fused-ring (bicyclic) bond motifs is 1. The molecule has 32 heavy (non-hydrogen) atoms. The van der Waals surface area contributed by atoms with Crippen molar-refractivity contribution >= 4 is 29.0 Å². The highest BCUT2D eigenvalue weighted by atomic mass is 19.1. The number of hydrogen-bond donors (Lipinski definition) is 1. The monoisotopic (exact) mass is 439 g/mol. The molecule has 1 aromatic carbocycles. The van der Waals surface area contributed by atoms with Crippen LogP contribution in [0, 0.1) is 5.82 Å². The number of ether oxygens (including phenoxy) is 1. The van der Waals surface area contributed by atoms with Gasteiger partial charge in [0.1, 0.15) is 11.6 Å². The fraction of sp³-hybridized carbons (Fsp3) is 0.435. The second-order valence-electron chi connectivity index (χ2n) is 8.32. The van der Waals surface area contributed by atoms with E-state index in [0.29, 0.717) is 62.1 Å². The topological polar surface area (TPSA) is 78.0 Å². The average Bonchev–Trinajstić information content (AvgIpc) is 3.34. The van der Waals surface area contributed by atoms with Crippen molar-refractivity contribution in [3.8, 4) is 0 Å². The van der Waals surface area contributed by atoms with Crippen molar-refractivity contribution in [2.75, 3.05) is 61.0 Å². The van der Waals surface area contributed by atoms with E-state index in [2.05, 4.69) is 10.3 Å². The number of pyridine rings is 1. The maximum absolute atomic E-state index is 14.1. The zero-order chi connectivity index (χ0) is 22.1. The smallest absolute Gasteiger partial charge is 0.255 e. The minimum Gasteiger partial charge on any atom is -0.376 e. The third kappa shape index (κ3) is 4.00. The fourth-order valence-electron chi connectivity index (χ4n) is 4.53. The minimum atomic E-state index is -0.255. The summed E-state index contributed by atoms with van der Waals surface area (Å²) in [6, 6.07) is 8.43. The Labute approximate surface area is 186 Å². The van der Waals surface area contributed by atoms with Crippen molar-refractivity contribution in [3.63, 3.8) is 0 Å². The predicted molar refractivity (Wildman–Crippen MR) is 119 cm³/mol. The first kappa shape index (κ1) is 20.7. The van der Waals surface area contributed by atoms with Crippen LogP contribution in [0.1, 0.15) is 23.2 Å². The molecule has 8 nitrogen and oxygen atoms in total. The number of para-hydroxylation sites is 1. The normalized spacial score (nSPS) is 20.8. The number of carbonyl (C=O) groups excluding carboxylic acids is 2. The molecule has 1 atom stereocenters. The van der Waals surface area contributed by atoms with E-state index in [4.69, 9.17) is 4.74 Å². The number of carbonyl (C=O) groups is 2. The Balaban J connectivity index is 1.30. The summed E-state index contributed by atoms with van der Waals surface area (Å²) in [5.41, 5.74) is 1.62. The number of aromatic nitrogens is 1. The van der Waals surface area contributed by atoms with Crippen LogP contribution in [0.5, 0.6) is 0 Å². The molecule has 2 amide bonds. The van der Waals surface area contributed by atoms with Gasteiger partial charge in [-0.2, -0.15) is 0 Å². The predicted octanol–water partition coefficient (Wildman–Crippen LogP) is 2.12. The van der Waals surface area contributed by atoms with E-state index >= 15 is 0 Å². The molecule has 1 unspecified atom stereocenters. The Morgan fingerprint density at radius 1 is 1.19 bits per heavy atom. The summed E-state index contributed by atoms with van der Waals surface area (Å²) in [5.74, 6) is 0.152. The van der Waals surface area contributed by atoms with Crippen LogP contribution in [0.15, 0.2) is 36.5 Å². The second-order valence-corrected chi connectivity index (χ2v) is 8.32. The number of piperazine rings is 1. The van der Waals surface area contributed by atoms with Crippen LogP contribution >= 0.6 is 0 Å². The van der Waals surface area contributed by atoms with Gasteiger partial charge < -0.3 is 24.8 Å². The van der Waals surface area contributed by atoms with E-state index in [9.17, 15) is 14.0 Å². The van der Waals surface area contributed by atoms with Gasteiger partial charge in [-0.05, 0) is 31.0 Å². The molecule has 0 bridgehead atoms. The second kappa shape index (κ2) is 8.74. The quantitative estimate of drug-likeness (QED) is 0.787. The summed E-state index contributed by atoms with van der Waals surface area (Å²) in [6.07, 6.45) is 3.48. The molecule has 1 aromatic heterocycles. The van der Waals surface area contributed by atoms with Crippen molar-refractivity contribution < 1.29 is 18.7 Å². The molecule has 3 aliphatic heterocycles. The van der Waals surface area contributed by atoms with Crippen molar-refractivity contribution in [1.82, 2.24) is 9.88 Å². The average molecular weight is 439 g/mol. The number of nitrogens with zero attached hydrogens (tertiary/aromatic N) is 4. The molecular formula is C23H26FN5O3. The van der Waals surface area contributed by atoms with Crippen LogP contribution in [0.2, 0.25) is 0 Å². The summed E-state index contributed by atoms with van der Waals surface area (Å²) in [7, 11) is 0. The molecule has 1 N–H and O–H groups in total. The lowest BCUT2D eigenvalue weighted by Gasteiger charge is -2.36. The lowest BCUT2D eigenvalue weighted by molar-refractivity contribution is -0.117. The van der Waals surface area contributed by atoms with Gasteiger partial charge in [-0.25, -0.2) is 9.37 Å². The maximum atomic E-state index is 14.1. The maximum Gasteiger partial charge on any atom is 0.255 e. The van der Waals surface area contributed by atoms with Gasteiger partial charge in [0.2, 0.25) is 5.91 Å². The Morgan fingerprint density at radius 2 is 2.00 bits per heavy atom. The van der Waals surface area contributed by atoms with Crippen LogP contribution in [0.25, 0.3) is 0 Å². The van der Waals surface area contributed by atoms with E-state index in [-0.39, 0.29) is 30.3 Å². The molecule has 3 aliphatic rings. The zero-order valence-corrected chi connectivity index (χ0v) is 17.8. The highest BCUT2D eigenvalue weighted by Gasteiger charge is 2.31.